The maximum atomic E-state index is 13.0. The lowest BCUT2D eigenvalue weighted by molar-refractivity contribution is -0.145. The van der Waals surface area contributed by atoms with Gasteiger partial charge in [-0.25, -0.2) is 0 Å². The zero-order valence-electron chi connectivity index (χ0n) is 16.8. The Kier molecular flexibility index (Phi) is 6.55. The molecule has 1 fully saturated rings. The van der Waals surface area contributed by atoms with Crippen molar-refractivity contribution in [1.82, 2.24) is 4.90 Å². The highest BCUT2D eigenvalue weighted by molar-refractivity contribution is 5.73. The normalized spacial score (nSPS) is 18.6. The third-order valence-electron chi connectivity index (χ3n) is 5.44. The molecule has 0 bridgehead atoms. The van der Waals surface area contributed by atoms with E-state index in [4.69, 9.17) is 9.47 Å². The number of alkyl halides is 3. The van der Waals surface area contributed by atoms with Crippen LogP contribution < -0.4 is 9.47 Å². The fourth-order valence-corrected chi connectivity index (χ4v) is 3.98. The predicted octanol–water partition coefficient (Wildman–Crippen LogP) is 4.75. The molecule has 1 heterocycles. The van der Waals surface area contributed by atoms with Gasteiger partial charge >= 0.3 is 12.1 Å². The number of aliphatic carboxylic acids is 1. The molecule has 0 spiro atoms. The van der Waals surface area contributed by atoms with Crippen LogP contribution in [-0.2, 0) is 11.0 Å². The van der Waals surface area contributed by atoms with Crippen molar-refractivity contribution in [1.29, 1.82) is 0 Å². The molecule has 0 saturated carbocycles. The minimum Gasteiger partial charge on any atom is -0.493 e. The van der Waals surface area contributed by atoms with E-state index in [-0.39, 0.29) is 0 Å². The molecule has 3 rings (SSSR count). The highest BCUT2D eigenvalue weighted by Gasteiger charge is 2.36. The lowest BCUT2D eigenvalue weighted by atomic mass is 9.91. The van der Waals surface area contributed by atoms with Crippen LogP contribution in [0.5, 0.6) is 11.5 Å². The Bertz CT molecular complexity index is 883. The number of nitrogens with zero attached hydrogens (tertiary/aromatic N) is 1. The SMILES string of the molecule is COc1ccc(C(c2ccc(C(F)(F)F)cc2)N2CCCCC2C(=O)O)cc1OC. The molecule has 0 radical (unpaired) electrons. The maximum absolute atomic E-state index is 13.0. The Labute approximate surface area is 173 Å². The summed E-state index contributed by atoms with van der Waals surface area (Å²) in [6.07, 6.45) is -2.35. The summed E-state index contributed by atoms with van der Waals surface area (Å²) in [5, 5.41) is 9.75. The smallest absolute Gasteiger partial charge is 0.416 e. The van der Waals surface area contributed by atoms with Crippen molar-refractivity contribution in [3.05, 3.63) is 59.2 Å². The summed E-state index contributed by atoms with van der Waals surface area (Å²) in [5.41, 5.74) is 0.565. The summed E-state index contributed by atoms with van der Waals surface area (Å²) in [4.78, 5) is 13.7. The first-order valence-corrected chi connectivity index (χ1v) is 9.64. The van der Waals surface area contributed by atoms with Gasteiger partial charge in [-0.3, -0.25) is 9.69 Å². The van der Waals surface area contributed by atoms with E-state index in [0.717, 1.165) is 30.5 Å². The molecule has 2 atom stereocenters. The van der Waals surface area contributed by atoms with Crippen molar-refractivity contribution in [2.75, 3.05) is 20.8 Å². The predicted molar refractivity (Wildman–Crippen MR) is 105 cm³/mol. The quantitative estimate of drug-likeness (QED) is 0.727. The van der Waals surface area contributed by atoms with E-state index in [1.54, 1.807) is 18.2 Å². The third-order valence-corrected chi connectivity index (χ3v) is 5.44. The van der Waals surface area contributed by atoms with Gasteiger partial charge in [-0.15, -0.1) is 0 Å². The van der Waals surface area contributed by atoms with E-state index in [1.807, 2.05) is 4.90 Å². The maximum Gasteiger partial charge on any atom is 0.416 e. The molecular formula is C22H24F3NO4. The van der Waals surface area contributed by atoms with Crippen LogP contribution in [0, 0.1) is 0 Å². The number of likely N-dealkylation sites (tertiary alicyclic amines) is 1. The second-order valence-corrected chi connectivity index (χ2v) is 7.22. The van der Waals surface area contributed by atoms with E-state index in [9.17, 15) is 23.1 Å². The van der Waals surface area contributed by atoms with Gasteiger partial charge in [0.1, 0.15) is 6.04 Å². The monoisotopic (exact) mass is 423 g/mol. The first kappa shape index (κ1) is 22.0. The fraction of sp³-hybridized carbons (Fsp3) is 0.409. The lowest BCUT2D eigenvalue weighted by Gasteiger charge is -2.39. The van der Waals surface area contributed by atoms with Gasteiger partial charge in [0.05, 0.1) is 25.8 Å². The summed E-state index contributed by atoms with van der Waals surface area (Å²) in [7, 11) is 3.01. The number of benzene rings is 2. The Hall–Kier alpha value is -2.74. The Morgan fingerprint density at radius 3 is 2.23 bits per heavy atom. The van der Waals surface area contributed by atoms with Crippen molar-refractivity contribution in [2.24, 2.45) is 0 Å². The van der Waals surface area contributed by atoms with Gasteiger partial charge in [0.25, 0.3) is 0 Å². The first-order valence-electron chi connectivity index (χ1n) is 9.64. The zero-order chi connectivity index (χ0) is 21.9. The average molecular weight is 423 g/mol. The van der Waals surface area contributed by atoms with E-state index in [1.165, 1.54) is 26.4 Å². The minimum absolute atomic E-state index is 0.468. The number of rotatable bonds is 6. The van der Waals surface area contributed by atoms with E-state index < -0.39 is 29.8 Å². The summed E-state index contributed by atoms with van der Waals surface area (Å²) < 4.78 is 49.7. The number of methoxy groups -OCH3 is 2. The van der Waals surface area contributed by atoms with Crippen molar-refractivity contribution < 1.29 is 32.5 Å². The second-order valence-electron chi connectivity index (χ2n) is 7.22. The zero-order valence-corrected chi connectivity index (χ0v) is 16.8. The summed E-state index contributed by atoms with van der Waals surface area (Å²) in [6.45, 7) is 0.525. The van der Waals surface area contributed by atoms with Gasteiger partial charge in [-0.2, -0.15) is 13.2 Å². The highest BCUT2D eigenvalue weighted by Crippen LogP contribution is 2.39. The Balaban J connectivity index is 2.10. The molecule has 162 valence electrons. The van der Waals surface area contributed by atoms with Crippen LogP contribution in [0.3, 0.4) is 0 Å². The van der Waals surface area contributed by atoms with Crippen LogP contribution in [0.4, 0.5) is 13.2 Å². The van der Waals surface area contributed by atoms with Crippen LogP contribution in [0.25, 0.3) is 0 Å². The van der Waals surface area contributed by atoms with Crippen molar-refractivity contribution in [3.8, 4) is 11.5 Å². The minimum atomic E-state index is -4.44. The van der Waals surface area contributed by atoms with Crippen LogP contribution in [0.15, 0.2) is 42.5 Å². The molecule has 0 aliphatic carbocycles. The van der Waals surface area contributed by atoms with Gasteiger partial charge in [0.15, 0.2) is 11.5 Å². The van der Waals surface area contributed by atoms with E-state index in [2.05, 4.69) is 0 Å². The van der Waals surface area contributed by atoms with Crippen LogP contribution in [0.1, 0.15) is 42.0 Å². The third kappa shape index (κ3) is 4.53. The van der Waals surface area contributed by atoms with Gasteiger partial charge in [0.2, 0.25) is 0 Å². The first-order chi connectivity index (χ1) is 14.3. The Morgan fingerprint density at radius 2 is 1.67 bits per heavy atom. The van der Waals surface area contributed by atoms with E-state index in [0.29, 0.717) is 30.0 Å². The molecule has 2 unspecified atom stereocenters. The number of piperidine rings is 1. The molecule has 0 aromatic heterocycles. The molecule has 0 amide bonds. The number of ether oxygens (including phenoxy) is 2. The summed E-state index contributed by atoms with van der Waals surface area (Å²) >= 11 is 0. The van der Waals surface area contributed by atoms with Crippen LogP contribution >= 0.6 is 0 Å². The second kappa shape index (κ2) is 8.95. The number of carbonyl (C=O) groups is 1. The van der Waals surface area contributed by atoms with Crippen molar-refractivity contribution in [2.45, 2.75) is 37.5 Å². The standard InChI is InChI=1S/C22H24F3NO4/c1-29-18-11-8-15(13-19(18)30-2)20(26-12-4-3-5-17(26)21(27)28)14-6-9-16(10-7-14)22(23,24)25/h6-11,13,17,20H,3-5,12H2,1-2H3,(H,27,28). The van der Waals surface area contributed by atoms with Gasteiger partial charge in [0, 0.05) is 0 Å². The van der Waals surface area contributed by atoms with Crippen LogP contribution in [0.2, 0.25) is 0 Å². The largest absolute Gasteiger partial charge is 0.493 e. The summed E-state index contributed by atoms with van der Waals surface area (Å²) in [5.74, 6) is 0.0451. The number of hydrogen-bond acceptors (Lipinski definition) is 4. The molecule has 1 N–H and O–H groups in total. The Morgan fingerprint density at radius 1 is 1.03 bits per heavy atom. The number of halogens is 3. The fourth-order valence-electron chi connectivity index (χ4n) is 3.98. The van der Waals surface area contributed by atoms with Gasteiger partial charge in [-0.05, 0) is 54.8 Å². The van der Waals surface area contributed by atoms with Crippen LogP contribution in [-0.4, -0.2) is 42.8 Å². The molecule has 1 aliphatic heterocycles. The number of carboxylic acid groups (broad SMARTS) is 1. The topological polar surface area (TPSA) is 59.0 Å². The van der Waals surface area contributed by atoms with E-state index >= 15 is 0 Å². The van der Waals surface area contributed by atoms with Gasteiger partial charge in [-0.1, -0.05) is 24.6 Å². The molecule has 5 nitrogen and oxygen atoms in total. The number of hydrogen-bond donors (Lipinski definition) is 1. The lowest BCUT2D eigenvalue weighted by Crippen LogP contribution is -2.46. The molecule has 8 heteroatoms. The van der Waals surface area contributed by atoms with Gasteiger partial charge < -0.3 is 14.6 Å². The molecule has 2 aromatic rings. The van der Waals surface area contributed by atoms with Crippen molar-refractivity contribution >= 4 is 5.97 Å². The summed E-state index contributed by atoms with van der Waals surface area (Å²) in [6, 6.07) is 8.88. The molecule has 2 aromatic carbocycles. The average Bonchev–Trinajstić information content (AvgIpc) is 2.73. The molecular weight excluding hydrogens is 399 g/mol. The number of carboxylic acids is 1. The molecule has 1 aliphatic rings. The highest BCUT2D eigenvalue weighted by atomic mass is 19.4. The van der Waals surface area contributed by atoms with Crippen molar-refractivity contribution in [3.63, 3.8) is 0 Å². The molecule has 1 saturated heterocycles. The molecule has 30 heavy (non-hydrogen) atoms.